The van der Waals surface area contributed by atoms with Gasteiger partial charge in [0, 0.05) is 12.3 Å². The van der Waals surface area contributed by atoms with Gasteiger partial charge in [0.05, 0.1) is 25.2 Å². The standard InChI is InChI=1S/C30H29NO6/c1-2-35-28(33)30(20-21-12-6-3-7-13-21)25(22-14-8-4-9-15-22)24(27(32)31-18-19-36-29(31)34)26(37-30)23-16-10-5-11-17-23/h3-17,24-26H,2,18-20H2,1H3/t24-,25-,26-,30-/m0/s1. The number of nitrogens with zero attached hydrogens (tertiary/aromatic N) is 1. The second kappa shape index (κ2) is 10.6. The minimum Gasteiger partial charge on any atom is -0.464 e. The van der Waals surface area contributed by atoms with Crippen LogP contribution in [0.4, 0.5) is 4.79 Å². The number of amides is 2. The van der Waals surface area contributed by atoms with Crippen LogP contribution in [0.15, 0.2) is 91.0 Å². The molecule has 0 N–H and O–H groups in total. The van der Waals surface area contributed by atoms with Crippen molar-refractivity contribution in [3.05, 3.63) is 108 Å². The van der Waals surface area contributed by atoms with Crippen LogP contribution in [0, 0.1) is 5.92 Å². The highest BCUT2D eigenvalue weighted by molar-refractivity contribution is 5.96. The van der Waals surface area contributed by atoms with E-state index < -0.39 is 41.5 Å². The molecule has 0 unspecified atom stereocenters. The van der Waals surface area contributed by atoms with Crippen molar-refractivity contribution >= 4 is 18.0 Å². The zero-order chi connectivity index (χ0) is 25.8. The molecule has 7 heteroatoms. The Labute approximate surface area is 215 Å². The van der Waals surface area contributed by atoms with Crippen molar-refractivity contribution in [3.63, 3.8) is 0 Å². The molecule has 3 aromatic rings. The Morgan fingerprint density at radius 3 is 2.08 bits per heavy atom. The summed E-state index contributed by atoms with van der Waals surface area (Å²) in [5, 5.41) is 0. The molecule has 2 fully saturated rings. The maximum absolute atomic E-state index is 14.1. The predicted molar refractivity (Wildman–Crippen MR) is 136 cm³/mol. The quantitative estimate of drug-likeness (QED) is 0.439. The average molecular weight is 500 g/mol. The monoisotopic (exact) mass is 499 g/mol. The maximum Gasteiger partial charge on any atom is 0.416 e. The molecule has 3 aromatic carbocycles. The summed E-state index contributed by atoms with van der Waals surface area (Å²) < 4.78 is 17.5. The zero-order valence-electron chi connectivity index (χ0n) is 20.6. The number of esters is 1. The first-order chi connectivity index (χ1) is 18.0. The first-order valence-corrected chi connectivity index (χ1v) is 12.5. The number of carbonyl (C=O) groups excluding carboxylic acids is 3. The van der Waals surface area contributed by atoms with Gasteiger partial charge in [-0.1, -0.05) is 91.0 Å². The molecule has 2 heterocycles. The Balaban J connectivity index is 1.72. The van der Waals surface area contributed by atoms with E-state index in [0.717, 1.165) is 21.6 Å². The third-order valence-corrected chi connectivity index (χ3v) is 7.05. The molecule has 0 aromatic heterocycles. The van der Waals surface area contributed by atoms with E-state index >= 15 is 0 Å². The van der Waals surface area contributed by atoms with Crippen molar-refractivity contribution in [3.8, 4) is 0 Å². The van der Waals surface area contributed by atoms with Crippen molar-refractivity contribution < 1.29 is 28.6 Å². The van der Waals surface area contributed by atoms with Gasteiger partial charge in [0.1, 0.15) is 6.61 Å². The summed E-state index contributed by atoms with van der Waals surface area (Å²) in [6.07, 6.45) is -1.27. The number of rotatable bonds is 7. The van der Waals surface area contributed by atoms with Gasteiger partial charge >= 0.3 is 12.1 Å². The van der Waals surface area contributed by atoms with Gasteiger partial charge < -0.3 is 14.2 Å². The van der Waals surface area contributed by atoms with Crippen molar-refractivity contribution in [2.75, 3.05) is 19.8 Å². The molecular weight excluding hydrogens is 470 g/mol. The molecule has 0 saturated carbocycles. The Hall–Kier alpha value is -3.97. The molecule has 0 bridgehead atoms. The van der Waals surface area contributed by atoms with Crippen LogP contribution in [0.1, 0.15) is 35.6 Å². The Morgan fingerprint density at radius 1 is 0.919 bits per heavy atom. The second-order valence-electron chi connectivity index (χ2n) is 9.24. The van der Waals surface area contributed by atoms with E-state index in [0.29, 0.717) is 0 Å². The van der Waals surface area contributed by atoms with Crippen LogP contribution in [0.5, 0.6) is 0 Å². The summed E-state index contributed by atoms with van der Waals surface area (Å²) in [5.74, 6) is -2.56. The molecule has 2 saturated heterocycles. The highest BCUT2D eigenvalue weighted by Gasteiger charge is 2.64. The lowest BCUT2D eigenvalue weighted by Gasteiger charge is -2.34. The van der Waals surface area contributed by atoms with Gasteiger partial charge in [-0.05, 0) is 23.6 Å². The number of ether oxygens (including phenoxy) is 3. The Morgan fingerprint density at radius 2 is 1.51 bits per heavy atom. The Kier molecular flexibility index (Phi) is 7.06. The summed E-state index contributed by atoms with van der Waals surface area (Å²) in [5.41, 5.74) is 0.866. The fourth-order valence-corrected chi connectivity index (χ4v) is 5.49. The van der Waals surface area contributed by atoms with Gasteiger partial charge in [0.2, 0.25) is 5.91 Å². The van der Waals surface area contributed by atoms with Gasteiger partial charge in [-0.2, -0.15) is 0 Å². The first kappa shape index (κ1) is 24.7. The maximum atomic E-state index is 14.1. The van der Waals surface area contributed by atoms with Crippen LogP contribution in [0.25, 0.3) is 0 Å². The third-order valence-electron chi connectivity index (χ3n) is 7.05. The number of hydrogen-bond acceptors (Lipinski definition) is 6. The highest BCUT2D eigenvalue weighted by Crippen LogP contribution is 2.56. The molecule has 190 valence electrons. The molecule has 2 amide bonds. The van der Waals surface area contributed by atoms with Crippen molar-refractivity contribution in [1.29, 1.82) is 0 Å². The molecule has 4 atom stereocenters. The van der Waals surface area contributed by atoms with Gasteiger partial charge in [0.25, 0.3) is 0 Å². The molecule has 2 aliphatic rings. The lowest BCUT2D eigenvalue weighted by molar-refractivity contribution is -0.172. The van der Waals surface area contributed by atoms with E-state index in [1.807, 2.05) is 91.0 Å². The predicted octanol–water partition coefficient (Wildman–Crippen LogP) is 4.68. The van der Waals surface area contributed by atoms with Crippen LogP contribution in [-0.4, -0.2) is 48.2 Å². The molecular formula is C30H29NO6. The van der Waals surface area contributed by atoms with Gasteiger partial charge in [0.15, 0.2) is 5.60 Å². The van der Waals surface area contributed by atoms with E-state index in [-0.39, 0.29) is 26.2 Å². The lowest BCUT2D eigenvalue weighted by atomic mass is 9.71. The topological polar surface area (TPSA) is 82.1 Å². The van der Waals surface area contributed by atoms with E-state index in [9.17, 15) is 14.4 Å². The van der Waals surface area contributed by atoms with Crippen LogP contribution in [0.3, 0.4) is 0 Å². The number of cyclic esters (lactones) is 1. The molecule has 5 rings (SSSR count). The van der Waals surface area contributed by atoms with Crippen LogP contribution in [0.2, 0.25) is 0 Å². The number of imide groups is 1. The molecule has 2 aliphatic heterocycles. The summed E-state index contributed by atoms with van der Waals surface area (Å²) in [4.78, 5) is 41.7. The van der Waals surface area contributed by atoms with Crippen LogP contribution < -0.4 is 0 Å². The smallest absolute Gasteiger partial charge is 0.416 e. The van der Waals surface area contributed by atoms with Gasteiger partial charge in [-0.25, -0.2) is 14.5 Å². The van der Waals surface area contributed by atoms with Gasteiger partial charge in [-0.3, -0.25) is 4.79 Å². The summed E-state index contributed by atoms with van der Waals surface area (Å²) in [7, 11) is 0. The van der Waals surface area contributed by atoms with Crippen molar-refractivity contribution in [2.24, 2.45) is 5.92 Å². The van der Waals surface area contributed by atoms with Crippen LogP contribution >= 0.6 is 0 Å². The largest absolute Gasteiger partial charge is 0.464 e. The SMILES string of the molecule is CCOC(=O)[C@@]1(Cc2ccccc2)O[C@@H](c2ccccc2)[C@@H](C(=O)N2CCOC2=O)[C@@H]1c1ccccc1. The Bertz CT molecular complexity index is 1250. The van der Waals surface area contributed by atoms with Gasteiger partial charge in [-0.15, -0.1) is 0 Å². The molecule has 7 nitrogen and oxygen atoms in total. The van der Waals surface area contributed by atoms with E-state index in [2.05, 4.69) is 0 Å². The molecule has 0 aliphatic carbocycles. The fraction of sp³-hybridized carbons (Fsp3) is 0.300. The van der Waals surface area contributed by atoms with Crippen molar-refractivity contribution in [1.82, 2.24) is 4.90 Å². The average Bonchev–Trinajstić information content (AvgIpc) is 3.52. The zero-order valence-corrected chi connectivity index (χ0v) is 20.6. The van der Waals surface area contributed by atoms with Crippen molar-refractivity contribution in [2.45, 2.75) is 31.0 Å². The van der Waals surface area contributed by atoms with E-state index in [1.165, 1.54) is 0 Å². The minimum atomic E-state index is -1.51. The fourth-order valence-electron chi connectivity index (χ4n) is 5.49. The number of carbonyl (C=O) groups is 3. The second-order valence-corrected chi connectivity index (χ2v) is 9.24. The summed E-state index contributed by atoms with van der Waals surface area (Å²) in [6.45, 7) is 2.20. The van der Waals surface area contributed by atoms with E-state index in [4.69, 9.17) is 14.2 Å². The number of hydrogen-bond donors (Lipinski definition) is 0. The highest BCUT2D eigenvalue weighted by atomic mass is 16.6. The number of benzene rings is 3. The van der Waals surface area contributed by atoms with Crippen LogP contribution in [-0.2, 0) is 30.2 Å². The summed E-state index contributed by atoms with van der Waals surface area (Å²) >= 11 is 0. The minimum absolute atomic E-state index is 0.136. The first-order valence-electron chi connectivity index (χ1n) is 12.5. The third kappa shape index (κ3) is 4.62. The molecule has 0 spiro atoms. The summed E-state index contributed by atoms with van der Waals surface area (Å²) in [6, 6.07) is 28.3. The lowest BCUT2D eigenvalue weighted by Crippen LogP contribution is -2.49. The van der Waals surface area contributed by atoms with E-state index in [1.54, 1.807) is 6.92 Å². The molecule has 0 radical (unpaired) electrons. The normalized spacial score (nSPS) is 25.1. The molecule has 37 heavy (non-hydrogen) atoms.